The summed E-state index contributed by atoms with van der Waals surface area (Å²) in [5, 5.41) is 10.6. The van der Waals surface area contributed by atoms with Crippen LogP contribution in [0.5, 0.6) is 0 Å². The van der Waals surface area contributed by atoms with Crippen LogP contribution >= 0.6 is 0 Å². The van der Waals surface area contributed by atoms with Crippen LogP contribution < -0.4 is 4.72 Å². The lowest BCUT2D eigenvalue weighted by Crippen LogP contribution is -2.18. The second kappa shape index (κ2) is 3.95. The van der Waals surface area contributed by atoms with Crippen LogP contribution in [0, 0.1) is 17.0 Å². The summed E-state index contributed by atoms with van der Waals surface area (Å²) >= 11 is 0. The molecular weight excluding hydrogens is 220 g/mol. The van der Waals surface area contributed by atoms with E-state index >= 15 is 0 Å². The zero-order valence-electron chi connectivity index (χ0n) is 8.22. The molecule has 7 heteroatoms. The number of nitro benzene ring substituents is 1. The van der Waals surface area contributed by atoms with Crippen LogP contribution in [0.2, 0.25) is 0 Å². The Labute approximate surface area is 87.1 Å². The molecule has 0 aromatic heterocycles. The largest absolute Gasteiger partial charge is 0.273 e. The summed E-state index contributed by atoms with van der Waals surface area (Å²) in [6.07, 6.45) is 0. The maximum absolute atomic E-state index is 11.4. The van der Waals surface area contributed by atoms with Crippen molar-refractivity contribution in [3.05, 3.63) is 33.9 Å². The fraction of sp³-hybridized carbons (Fsp3) is 0.250. The van der Waals surface area contributed by atoms with E-state index in [1.165, 1.54) is 19.2 Å². The monoisotopic (exact) mass is 230 g/mol. The van der Waals surface area contributed by atoms with Crippen molar-refractivity contribution in [1.29, 1.82) is 0 Å². The molecule has 0 fully saturated rings. The third kappa shape index (κ3) is 2.31. The van der Waals surface area contributed by atoms with E-state index in [0.29, 0.717) is 5.56 Å². The van der Waals surface area contributed by atoms with Crippen molar-refractivity contribution in [2.45, 2.75) is 11.8 Å². The minimum atomic E-state index is -3.63. The van der Waals surface area contributed by atoms with Gasteiger partial charge < -0.3 is 0 Å². The van der Waals surface area contributed by atoms with Crippen molar-refractivity contribution in [1.82, 2.24) is 4.72 Å². The fourth-order valence-electron chi connectivity index (χ4n) is 1.07. The van der Waals surface area contributed by atoms with Gasteiger partial charge in [0, 0.05) is 11.6 Å². The second-order valence-corrected chi connectivity index (χ2v) is 4.80. The lowest BCUT2D eigenvalue weighted by Gasteiger charge is -2.03. The molecule has 82 valence electrons. The van der Waals surface area contributed by atoms with Crippen molar-refractivity contribution in [2.75, 3.05) is 7.05 Å². The second-order valence-electron chi connectivity index (χ2n) is 2.91. The maximum atomic E-state index is 11.4. The van der Waals surface area contributed by atoms with Crippen LogP contribution in [-0.2, 0) is 10.0 Å². The first kappa shape index (κ1) is 11.6. The number of nitro groups is 1. The maximum Gasteiger partial charge on any atom is 0.273 e. The number of nitrogens with zero attached hydrogens (tertiary/aromatic N) is 1. The third-order valence-corrected chi connectivity index (χ3v) is 3.37. The summed E-state index contributed by atoms with van der Waals surface area (Å²) in [5.74, 6) is 0. The topological polar surface area (TPSA) is 89.3 Å². The van der Waals surface area contributed by atoms with Crippen LogP contribution in [0.15, 0.2) is 23.1 Å². The third-order valence-electron chi connectivity index (χ3n) is 1.96. The number of rotatable bonds is 3. The fourth-order valence-corrected chi connectivity index (χ4v) is 1.82. The lowest BCUT2D eigenvalue weighted by molar-refractivity contribution is -0.385. The Hall–Kier alpha value is -1.47. The summed E-state index contributed by atoms with van der Waals surface area (Å²) in [7, 11) is -2.37. The predicted octanol–water partition coefficient (Wildman–Crippen LogP) is 0.811. The highest BCUT2D eigenvalue weighted by Crippen LogP contribution is 2.21. The van der Waals surface area contributed by atoms with Crippen LogP contribution in [-0.4, -0.2) is 20.4 Å². The average Bonchev–Trinajstić information content (AvgIpc) is 2.17. The van der Waals surface area contributed by atoms with Crippen molar-refractivity contribution in [2.24, 2.45) is 0 Å². The molecule has 1 aromatic rings. The van der Waals surface area contributed by atoms with E-state index < -0.39 is 14.9 Å². The number of benzene rings is 1. The molecule has 0 aliphatic heterocycles. The van der Waals surface area contributed by atoms with Gasteiger partial charge in [0.15, 0.2) is 0 Å². The van der Waals surface area contributed by atoms with Gasteiger partial charge in [0.1, 0.15) is 0 Å². The van der Waals surface area contributed by atoms with E-state index in [9.17, 15) is 18.5 Å². The standard InChI is InChI=1S/C8H10N2O4S/c1-6-3-4-7(15(13,14)9-2)5-8(6)10(11)12/h3-5,9H,1-2H3. The van der Waals surface area contributed by atoms with Gasteiger partial charge in [-0.3, -0.25) is 10.1 Å². The molecule has 0 aliphatic carbocycles. The molecule has 0 bridgehead atoms. The van der Waals surface area contributed by atoms with E-state index in [1.807, 2.05) is 0 Å². The molecule has 0 amide bonds. The molecule has 0 spiro atoms. The van der Waals surface area contributed by atoms with Gasteiger partial charge in [-0.1, -0.05) is 6.07 Å². The lowest BCUT2D eigenvalue weighted by atomic mass is 10.2. The van der Waals surface area contributed by atoms with Crippen molar-refractivity contribution in [3.63, 3.8) is 0 Å². The Morgan fingerprint density at radius 2 is 2.00 bits per heavy atom. The SMILES string of the molecule is CNS(=O)(=O)c1ccc(C)c([N+](=O)[O-])c1. The highest BCUT2D eigenvalue weighted by atomic mass is 32.2. The molecule has 0 aliphatic rings. The van der Waals surface area contributed by atoms with Crippen molar-refractivity contribution in [3.8, 4) is 0 Å². The van der Waals surface area contributed by atoms with Gasteiger partial charge in [0.2, 0.25) is 10.0 Å². The molecule has 6 nitrogen and oxygen atoms in total. The van der Waals surface area contributed by atoms with Crippen molar-refractivity contribution >= 4 is 15.7 Å². The Kier molecular flexibility index (Phi) is 3.06. The minimum absolute atomic E-state index is 0.109. The van der Waals surface area contributed by atoms with Crippen LogP contribution in [0.25, 0.3) is 0 Å². The Morgan fingerprint density at radius 3 is 2.47 bits per heavy atom. The Morgan fingerprint density at radius 1 is 1.40 bits per heavy atom. The zero-order chi connectivity index (χ0) is 11.6. The molecule has 1 N–H and O–H groups in total. The van der Waals surface area contributed by atoms with Gasteiger partial charge in [-0.15, -0.1) is 0 Å². The summed E-state index contributed by atoms with van der Waals surface area (Å²) < 4.78 is 24.8. The molecule has 1 rings (SSSR count). The predicted molar refractivity (Wildman–Crippen MR) is 54.1 cm³/mol. The van der Waals surface area contributed by atoms with Crippen LogP contribution in [0.4, 0.5) is 5.69 Å². The molecule has 0 saturated carbocycles. The van der Waals surface area contributed by atoms with E-state index in [2.05, 4.69) is 4.72 Å². The summed E-state index contributed by atoms with van der Waals surface area (Å²) in [5.41, 5.74) is 0.223. The minimum Gasteiger partial charge on any atom is -0.258 e. The number of sulfonamides is 1. The van der Waals surface area contributed by atoms with Crippen LogP contribution in [0.3, 0.4) is 0 Å². The van der Waals surface area contributed by atoms with E-state index in [4.69, 9.17) is 0 Å². The van der Waals surface area contributed by atoms with Gasteiger partial charge in [0.05, 0.1) is 9.82 Å². The van der Waals surface area contributed by atoms with E-state index in [-0.39, 0.29) is 10.6 Å². The first-order valence-corrected chi connectivity index (χ1v) is 5.55. The molecule has 15 heavy (non-hydrogen) atoms. The first-order valence-electron chi connectivity index (χ1n) is 4.07. The van der Waals surface area contributed by atoms with Gasteiger partial charge in [-0.2, -0.15) is 0 Å². The average molecular weight is 230 g/mol. The van der Waals surface area contributed by atoms with Crippen molar-refractivity contribution < 1.29 is 13.3 Å². The van der Waals surface area contributed by atoms with E-state index in [0.717, 1.165) is 6.07 Å². The summed E-state index contributed by atoms with van der Waals surface area (Å²) in [6.45, 7) is 1.55. The number of hydrogen-bond acceptors (Lipinski definition) is 4. The molecule has 0 saturated heterocycles. The summed E-state index contributed by atoms with van der Waals surface area (Å²) in [6, 6.07) is 3.78. The molecule has 0 atom stereocenters. The first-order chi connectivity index (χ1) is 6.88. The van der Waals surface area contributed by atoms with Crippen LogP contribution in [0.1, 0.15) is 5.56 Å². The normalized spacial score (nSPS) is 11.3. The zero-order valence-corrected chi connectivity index (χ0v) is 9.04. The van der Waals surface area contributed by atoms with Gasteiger partial charge in [-0.05, 0) is 20.0 Å². The van der Waals surface area contributed by atoms with Gasteiger partial charge in [-0.25, -0.2) is 13.1 Å². The molecule has 0 unspecified atom stereocenters. The number of nitrogens with one attached hydrogen (secondary N) is 1. The smallest absolute Gasteiger partial charge is 0.258 e. The Bertz CT molecular complexity index is 495. The summed E-state index contributed by atoms with van der Waals surface area (Å²) in [4.78, 5) is 9.86. The number of hydrogen-bond donors (Lipinski definition) is 1. The Balaban J connectivity index is 3.38. The highest BCUT2D eigenvalue weighted by Gasteiger charge is 2.17. The molecule has 0 radical (unpaired) electrons. The van der Waals surface area contributed by atoms with Gasteiger partial charge in [0.25, 0.3) is 5.69 Å². The molecule has 0 heterocycles. The van der Waals surface area contributed by atoms with E-state index in [1.54, 1.807) is 6.92 Å². The number of aryl methyl sites for hydroxylation is 1. The molecular formula is C8H10N2O4S. The van der Waals surface area contributed by atoms with Gasteiger partial charge >= 0.3 is 0 Å². The quantitative estimate of drug-likeness (QED) is 0.614. The highest BCUT2D eigenvalue weighted by molar-refractivity contribution is 7.89. The molecule has 1 aromatic carbocycles.